The Balaban J connectivity index is 1.46. The summed E-state index contributed by atoms with van der Waals surface area (Å²) in [6.45, 7) is 1.26. The Kier molecular flexibility index (Phi) is 5.84. The van der Waals surface area contributed by atoms with E-state index in [4.69, 9.17) is 0 Å². The summed E-state index contributed by atoms with van der Waals surface area (Å²) in [5.74, 6) is 0. The van der Waals surface area contributed by atoms with Gasteiger partial charge in [-0.25, -0.2) is 0 Å². The van der Waals surface area contributed by atoms with Crippen LogP contribution in [-0.4, -0.2) is 33.8 Å². The molecule has 0 bridgehead atoms. The second kappa shape index (κ2) is 8.86. The van der Waals surface area contributed by atoms with Gasteiger partial charge in [-0.15, -0.1) is 0 Å². The summed E-state index contributed by atoms with van der Waals surface area (Å²) in [6, 6.07) is 28.6. The minimum Gasteiger partial charge on any atom is -0.387 e. The van der Waals surface area contributed by atoms with Crippen LogP contribution in [0.1, 0.15) is 17.2 Å². The van der Waals surface area contributed by atoms with Crippen LogP contribution in [0.15, 0.2) is 91.1 Å². The van der Waals surface area contributed by atoms with Crippen LogP contribution in [0.25, 0.3) is 22.4 Å². The Hall–Kier alpha value is -3.21. The Morgan fingerprint density at radius 2 is 1.41 bits per heavy atom. The zero-order valence-electron chi connectivity index (χ0n) is 16.5. The van der Waals surface area contributed by atoms with Crippen LogP contribution in [0.2, 0.25) is 0 Å². The molecule has 0 radical (unpaired) electrons. The summed E-state index contributed by atoms with van der Waals surface area (Å²) < 4.78 is 0. The number of H-pyrrole nitrogens is 1. The minimum atomic E-state index is -0.512. The lowest BCUT2D eigenvalue weighted by Crippen LogP contribution is -2.24. The number of nitrogens with zero attached hydrogens (tertiary/aromatic N) is 2. The molecule has 2 N–H and O–H groups in total. The van der Waals surface area contributed by atoms with Gasteiger partial charge >= 0.3 is 0 Å². The van der Waals surface area contributed by atoms with E-state index in [1.807, 2.05) is 49.6 Å². The van der Waals surface area contributed by atoms with E-state index in [1.54, 1.807) is 0 Å². The summed E-state index contributed by atoms with van der Waals surface area (Å²) in [6.07, 6.45) is 1.35. The normalized spacial score (nSPS) is 12.2. The summed E-state index contributed by atoms with van der Waals surface area (Å²) in [5.41, 5.74) is 6.57. The maximum atomic E-state index is 10.5. The molecule has 1 unspecified atom stereocenters. The predicted molar refractivity (Wildman–Crippen MR) is 117 cm³/mol. The maximum absolute atomic E-state index is 10.5. The van der Waals surface area contributed by atoms with E-state index in [2.05, 4.69) is 63.6 Å². The van der Waals surface area contributed by atoms with Crippen molar-refractivity contribution in [1.29, 1.82) is 0 Å². The molecule has 1 atom stereocenters. The molecule has 1 heterocycles. The lowest BCUT2D eigenvalue weighted by Gasteiger charge is -2.21. The van der Waals surface area contributed by atoms with Crippen LogP contribution < -0.4 is 0 Å². The Bertz CT molecular complexity index is 1030. The molecule has 4 aromatic rings. The lowest BCUT2D eigenvalue weighted by atomic mass is 10.0. The highest BCUT2D eigenvalue weighted by Gasteiger charge is 2.14. The fraction of sp³-hybridized carbons (Fsp3) is 0.160. The Morgan fingerprint density at radius 1 is 0.828 bits per heavy atom. The van der Waals surface area contributed by atoms with Gasteiger partial charge in [0.25, 0.3) is 0 Å². The van der Waals surface area contributed by atoms with Gasteiger partial charge in [0.15, 0.2) is 0 Å². The highest BCUT2D eigenvalue weighted by atomic mass is 16.3. The van der Waals surface area contributed by atoms with Crippen molar-refractivity contribution in [2.45, 2.75) is 12.6 Å². The number of hydrogen-bond acceptors (Lipinski definition) is 3. The van der Waals surface area contributed by atoms with Crippen LogP contribution in [0.4, 0.5) is 0 Å². The summed E-state index contributed by atoms with van der Waals surface area (Å²) in [5, 5.41) is 17.9. The van der Waals surface area contributed by atoms with Crippen LogP contribution in [-0.2, 0) is 6.54 Å². The van der Waals surface area contributed by atoms with E-state index in [1.165, 1.54) is 11.1 Å². The molecule has 0 amide bonds. The van der Waals surface area contributed by atoms with Gasteiger partial charge in [-0.3, -0.25) is 10.00 Å². The largest absolute Gasteiger partial charge is 0.387 e. The monoisotopic (exact) mass is 383 g/mol. The fourth-order valence-electron chi connectivity index (χ4n) is 3.57. The van der Waals surface area contributed by atoms with E-state index in [0.717, 1.165) is 22.4 Å². The third-order valence-electron chi connectivity index (χ3n) is 5.11. The summed E-state index contributed by atoms with van der Waals surface area (Å²) in [7, 11) is 2.02. The number of aliphatic hydroxyl groups is 1. The van der Waals surface area contributed by atoms with E-state index >= 15 is 0 Å². The second-order valence-corrected chi connectivity index (χ2v) is 7.34. The smallest absolute Gasteiger partial charge is 0.0916 e. The quantitative estimate of drug-likeness (QED) is 0.477. The topological polar surface area (TPSA) is 52.2 Å². The van der Waals surface area contributed by atoms with Gasteiger partial charge in [-0.2, -0.15) is 5.10 Å². The first-order valence-corrected chi connectivity index (χ1v) is 9.80. The number of rotatable bonds is 7. The standard InChI is InChI=1S/C25H25N3O/c1-28(18-24(29)21-10-6-3-7-11-21)17-23-16-26-27-25(23)22-14-12-20(13-15-22)19-8-4-2-5-9-19/h2-16,24,29H,17-18H2,1H3,(H,26,27). The van der Waals surface area contributed by atoms with Crippen LogP contribution in [0.3, 0.4) is 0 Å². The molecule has 0 spiro atoms. The third-order valence-corrected chi connectivity index (χ3v) is 5.11. The molecule has 1 aromatic heterocycles. The van der Waals surface area contributed by atoms with E-state index in [9.17, 15) is 5.11 Å². The summed E-state index contributed by atoms with van der Waals surface area (Å²) >= 11 is 0. The molecule has 0 aliphatic heterocycles. The summed E-state index contributed by atoms with van der Waals surface area (Å²) in [4.78, 5) is 2.12. The van der Waals surface area contributed by atoms with Gasteiger partial charge in [0, 0.05) is 18.7 Å². The number of nitrogens with one attached hydrogen (secondary N) is 1. The van der Waals surface area contributed by atoms with Crippen molar-refractivity contribution >= 4 is 0 Å². The average Bonchev–Trinajstić information content (AvgIpc) is 3.23. The van der Waals surface area contributed by atoms with Crippen LogP contribution >= 0.6 is 0 Å². The molecule has 0 saturated carbocycles. The van der Waals surface area contributed by atoms with Crippen molar-refractivity contribution in [1.82, 2.24) is 15.1 Å². The molecule has 4 rings (SSSR count). The highest BCUT2D eigenvalue weighted by Crippen LogP contribution is 2.26. The zero-order chi connectivity index (χ0) is 20.1. The van der Waals surface area contributed by atoms with Gasteiger partial charge in [0.05, 0.1) is 18.0 Å². The van der Waals surface area contributed by atoms with E-state index in [0.29, 0.717) is 13.1 Å². The molecule has 4 heteroatoms. The molecule has 146 valence electrons. The Morgan fingerprint density at radius 3 is 2.10 bits per heavy atom. The number of hydrogen-bond donors (Lipinski definition) is 2. The molecule has 3 aromatic carbocycles. The van der Waals surface area contributed by atoms with Gasteiger partial charge < -0.3 is 5.11 Å². The maximum Gasteiger partial charge on any atom is 0.0916 e. The predicted octanol–water partition coefficient (Wildman–Crippen LogP) is 4.91. The van der Waals surface area contributed by atoms with Crippen molar-refractivity contribution in [3.05, 3.63) is 102 Å². The fourth-order valence-corrected chi connectivity index (χ4v) is 3.57. The SMILES string of the molecule is CN(Cc1cn[nH]c1-c1ccc(-c2ccccc2)cc1)CC(O)c1ccccc1. The number of aromatic amines is 1. The van der Waals surface area contributed by atoms with Gasteiger partial charge in [0.2, 0.25) is 0 Å². The van der Waals surface area contributed by atoms with Gasteiger partial charge in [0.1, 0.15) is 0 Å². The molecule has 0 fully saturated rings. The molecule has 0 aliphatic rings. The molecule has 0 aliphatic carbocycles. The van der Waals surface area contributed by atoms with Crippen molar-refractivity contribution in [3.8, 4) is 22.4 Å². The van der Waals surface area contributed by atoms with Crippen LogP contribution in [0.5, 0.6) is 0 Å². The minimum absolute atomic E-state index is 0.512. The highest BCUT2D eigenvalue weighted by molar-refractivity contribution is 5.69. The molecule has 4 nitrogen and oxygen atoms in total. The molecule has 0 saturated heterocycles. The van der Waals surface area contributed by atoms with Gasteiger partial charge in [-0.1, -0.05) is 84.9 Å². The number of aromatic nitrogens is 2. The number of aliphatic hydroxyl groups excluding tert-OH is 1. The number of likely N-dealkylation sites (N-methyl/N-ethyl adjacent to an activating group) is 1. The molecule has 29 heavy (non-hydrogen) atoms. The molecular formula is C25H25N3O. The first-order chi connectivity index (χ1) is 14.2. The third kappa shape index (κ3) is 4.62. The average molecular weight is 383 g/mol. The lowest BCUT2D eigenvalue weighted by molar-refractivity contribution is 0.124. The number of benzene rings is 3. The first-order valence-electron chi connectivity index (χ1n) is 9.80. The van der Waals surface area contributed by atoms with E-state index in [-0.39, 0.29) is 0 Å². The Labute approximate surface area is 171 Å². The van der Waals surface area contributed by atoms with E-state index < -0.39 is 6.10 Å². The van der Waals surface area contributed by atoms with Crippen molar-refractivity contribution < 1.29 is 5.11 Å². The van der Waals surface area contributed by atoms with Gasteiger partial charge in [-0.05, 0) is 29.3 Å². The second-order valence-electron chi connectivity index (χ2n) is 7.34. The van der Waals surface area contributed by atoms with Crippen molar-refractivity contribution in [2.75, 3.05) is 13.6 Å². The van der Waals surface area contributed by atoms with Crippen molar-refractivity contribution in [3.63, 3.8) is 0 Å². The van der Waals surface area contributed by atoms with Crippen LogP contribution in [0, 0.1) is 0 Å². The molecular weight excluding hydrogens is 358 g/mol. The first kappa shape index (κ1) is 19.1. The van der Waals surface area contributed by atoms with Crippen molar-refractivity contribution in [2.24, 2.45) is 0 Å². The zero-order valence-corrected chi connectivity index (χ0v) is 16.5.